The third kappa shape index (κ3) is 6.08. The highest BCUT2D eigenvalue weighted by Crippen LogP contribution is 2.14. The number of anilines is 1. The van der Waals surface area contributed by atoms with Gasteiger partial charge in [-0.1, -0.05) is 0 Å². The molecule has 0 unspecified atom stereocenters. The van der Waals surface area contributed by atoms with Crippen LogP contribution in [0.5, 0.6) is 0 Å². The Morgan fingerprint density at radius 1 is 1.26 bits per heavy atom. The van der Waals surface area contributed by atoms with Gasteiger partial charge in [0.15, 0.2) is 0 Å². The molecule has 0 heterocycles. The third-order valence-electron chi connectivity index (χ3n) is 2.94. The van der Waals surface area contributed by atoms with Crippen LogP contribution < -0.4 is 21.1 Å². The molecule has 23 heavy (non-hydrogen) atoms. The van der Waals surface area contributed by atoms with E-state index in [1.54, 1.807) is 11.8 Å². The van der Waals surface area contributed by atoms with Gasteiger partial charge in [-0.2, -0.15) is 11.8 Å². The van der Waals surface area contributed by atoms with Gasteiger partial charge in [0.1, 0.15) is 6.04 Å². The number of hydrogen-bond donors (Lipinski definition) is 4. The lowest BCUT2D eigenvalue weighted by molar-refractivity contribution is -0.117. The van der Waals surface area contributed by atoms with E-state index >= 15 is 0 Å². The summed E-state index contributed by atoms with van der Waals surface area (Å²) in [5.74, 6) is 0.264. The summed E-state index contributed by atoms with van der Waals surface area (Å²) in [6, 6.07) is 4.16. The molecule has 3 amide bonds. The lowest BCUT2D eigenvalue weighted by atomic mass is 10.2. The van der Waals surface area contributed by atoms with Gasteiger partial charge in [-0.25, -0.2) is 17.9 Å². The molecule has 1 atom stereocenters. The maximum atomic E-state index is 12.2. The van der Waals surface area contributed by atoms with E-state index < -0.39 is 28.0 Å². The predicted octanol–water partition coefficient (Wildman–Crippen LogP) is 0.323. The van der Waals surface area contributed by atoms with Gasteiger partial charge in [-0.05, 0) is 49.7 Å². The van der Waals surface area contributed by atoms with Crippen LogP contribution >= 0.6 is 11.8 Å². The highest BCUT2D eigenvalue weighted by Gasteiger charge is 2.19. The van der Waals surface area contributed by atoms with E-state index in [0.717, 1.165) is 0 Å². The number of rotatable bonds is 8. The van der Waals surface area contributed by atoms with Crippen LogP contribution in [0.4, 0.5) is 10.5 Å². The van der Waals surface area contributed by atoms with Crippen molar-refractivity contribution in [3.63, 3.8) is 0 Å². The zero-order valence-corrected chi connectivity index (χ0v) is 14.5. The Hall–Kier alpha value is -1.78. The van der Waals surface area contributed by atoms with Crippen molar-refractivity contribution in [1.82, 2.24) is 10.0 Å². The second kappa shape index (κ2) is 8.75. The summed E-state index contributed by atoms with van der Waals surface area (Å²) in [4.78, 5) is 23.2. The summed E-state index contributed by atoms with van der Waals surface area (Å²) in [5, 5.41) is 5.01. The van der Waals surface area contributed by atoms with Crippen LogP contribution in [0.3, 0.4) is 0 Å². The second-order valence-electron chi connectivity index (χ2n) is 4.56. The molecule has 5 N–H and O–H groups in total. The maximum Gasteiger partial charge on any atom is 0.312 e. The molecule has 10 heteroatoms. The zero-order valence-electron chi connectivity index (χ0n) is 12.8. The Morgan fingerprint density at radius 3 is 2.35 bits per heavy atom. The van der Waals surface area contributed by atoms with Crippen molar-refractivity contribution in [3.8, 4) is 0 Å². The van der Waals surface area contributed by atoms with Gasteiger partial charge < -0.3 is 16.4 Å². The lowest BCUT2D eigenvalue weighted by Gasteiger charge is -2.17. The van der Waals surface area contributed by atoms with Crippen LogP contribution in [0.15, 0.2) is 29.2 Å². The SMILES string of the molecule is CNS(=O)(=O)c1ccc(NC(=O)[C@@H](CCSC)NC(N)=O)cc1. The fourth-order valence-corrected chi connectivity index (χ4v) is 2.94. The van der Waals surface area contributed by atoms with Gasteiger partial charge in [0.05, 0.1) is 4.90 Å². The number of benzene rings is 1. The Kier molecular flexibility index (Phi) is 7.33. The number of carbonyl (C=O) groups is 2. The van der Waals surface area contributed by atoms with E-state index in [2.05, 4.69) is 15.4 Å². The van der Waals surface area contributed by atoms with Gasteiger partial charge >= 0.3 is 6.03 Å². The fraction of sp³-hybridized carbons (Fsp3) is 0.385. The number of urea groups is 1. The van der Waals surface area contributed by atoms with Crippen molar-refractivity contribution in [1.29, 1.82) is 0 Å². The molecule has 0 aliphatic carbocycles. The maximum absolute atomic E-state index is 12.2. The normalized spacial score (nSPS) is 12.4. The average molecular weight is 360 g/mol. The number of nitrogens with one attached hydrogen (secondary N) is 3. The molecule has 0 aromatic heterocycles. The summed E-state index contributed by atoms with van der Waals surface area (Å²) >= 11 is 1.54. The first-order chi connectivity index (χ1) is 10.8. The number of thioether (sulfide) groups is 1. The molecule has 1 aromatic carbocycles. The Labute approximate surface area is 139 Å². The van der Waals surface area contributed by atoms with E-state index in [1.165, 1.54) is 31.3 Å². The number of nitrogens with two attached hydrogens (primary N) is 1. The summed E-state index contributed by atoms with van der Waals surface area (Å²) in [6.07, 6.45) is 2.32. The highest BCUT2D eigenvalue weighted by molar-refractivity contribution is 7.98. The van der Waals surface area contributed by atoms with E-state index in [-0.39, 0.29) is 4.90 Å². The molecule has 1 aromatic rings. The van der Waals surface area contributed by atoms with Gasteiger partial charge in [-0.15, -0.1) is 0 Å². The smallest absolute Gasteiger partial charge is 0.312 e. The van der Waals surface area contributed by atoms with E-state index in [9.17, 15) is 18.0 Å². The highest BCUT2D eigenvalue weighted by atomic mass is 32.2. The van der Waals surface area contributed by atoms with Crippen LogP contribution in [-0.2, 0) is 14.8 Å². The number of amides is 3. The molecule has 0 saturated heterocycles. The van der Waals surface area contributed by atoms with Crippen LogP contribution in [0.1, 0.15) is 6.42 Å². The largest absolute Gasteiger partial charge is 0.352 e. The monoisotopic (exact) mass is 360 g/mol. The van der Waals surface area contributed by atoms with Crippen molar-refractivity contribution in [3.05, 3.63) is 24.3 Å². The fourth-order valence-electron chi connectivity index (χ4n) is 1.74. The van der Waals surface area contributed by atoms with E-state index in [1.807, 2.05) is 6.26 Å². The molecule has 0 aliphatic heterocycles. The van der Waals surface area contributed by atoms with Gasteiger partial charge in [0.2, 0.25) is 15.9 Å². The molecule has 0 saturated carbocycles. The van der Waals surface area contributed by atoms with Crippen LogP contribution in [-0.4, -0.2) is 45.5 Å². The molecule has 0 aliphatic rings. The second-order valence-corrected chi connectivity index (χ2v) is 7.44. The number of hydrogen-bond acceptors (Lipinski definition) is 5. The third-order valence-corrected chi connectivity index (χ3v) is 5.02. The minimum atomic E-state index is -3.53. The first-order valence-electron chi connectivity index (χ1n) is 6.69. The van der Waals surface area contributed by atoms with Crippen molar-refractivity contribution in [2.24, 2.45) is 5.73 Å². The van der Waals surface area contributed by atoms with Gasteiger partial charge in [-0.3, -0.25) is 4.79 Å². The minimum absolute atomic E-state index is 0.0900. The summed E-state index contributed by atoms with van der Waals surface area (Å²) < 4.78 is 25.4. The summed E-state index contributed by atoms with van der Waals surface area (Å²) in [6.45, 7) is 0. The standard InChI is InChI=1S/C13H20N4O4S2/c1-15-23(20,21)10-5-3-9(4-6-10)16-12(18)11(7-8-22-2)17-13(14)19/h3-6,11,15H,7-8H2,1-2H3,(H,16,18)(H3,14,17,19)/t11-/m1/s1. The van der Waals surface area contributed by atoms with Crippen LogP contribution in [0.2, 0.25) is 0 Å². The minimum Gasteiger partial charge on any atom is -0.352 e. The predicted molar refractivity (Wildman–Crippen MR) is 90.8 cm³/mol. The Morgan fingerprint density at radius 2 is 1.87 bits per heavy atom. The van der Waals surface area contributed by atoms with Gasteiger partial charge in [0, 0.05) is 5.69 Å². The van der Waals surface area contributed by atoms with Crippen LogP contribution in [0, 0.1) is 0 Å². The van der Waals surface area contributed by atoms with Crippen LogP contribution in [0.25, 0.3) is 0 Å². The molecule has 0 radical (unpaired) electrons. The van der Waals surface area contributed by atoms with Crippen molar-refractivity contribution in [2.45, 2.75) is 17.4 Å². The molecule has 0 bridgehead atoms. The first-order valence-corrected chi connectivity index (χ1v) is 9.57. The summed E-state index contributed by atoms with van der Waals surface area (Å²) in [5.41, 5.74) is 5.49. The number of carbonyl (C=O) groups excluding carboxylic acids is 2. The first kappa shape index (κ1) is 19.3. The Balaban J connectivity index is 2.80. The number of primary amides is 1. The molecule has 0 fully saturated rings. The van der Waals surface area contributed by atoms with Crippen molar-refractivity contribution in [2.75, 3.05) is 24.4 Å². The number of sulfonamides is 1. The quantitative estimate of drug-likeness (QED) is 0.530. The van der Waals surface area contributed by atoms with E-state index in [0.29, 0.717) is 17.9 Å². The molecule has 1 rings (SSSR count). The molecular formula is C13H20N4O4S2. The van der Waals surface area contributed by atoms with Gasteiger partial charge in [0.25, 0.3) is 0 Å². The van der Waals surface area contributed by atoms with E-state index in [4.69, 9.17) is 5.73 Å². The lowest BCUT2D eigenvalue weighted by Crippen LogP contribution is -2.46. The summed E-state index contributed by atoms with van der Waals surface area (Å²) in [7, 11) is -2.21. The van der Waals surface area contributed by atoms with Crippen molar-refractivity contribution >= 4 is 39.4 Å². The molecule has 8 nitrogen and oxygen atoms in total. The molecule has 128 valence electrons. The Bertz CT molecular complexity index is 646. The van der Waals surface area contributed by atoms with Crippen molar-refractivity contribution < 1.29 is 18.0 Å². The zero-order chi connectivity index (χ0) is 17.5. The molecule has 0 spiro atoms. The molecular weight excluding hydrogens is 340 g/mol. The average Bonchev–Trinajstić information content (AvgIpc) is 2.51. The topological polar surface area (TPSA) is 130 Å².